The number of hydrogen-bond donors (Lipinski definition) is 1. The zero-order chi connectivity index (χ0) is 25.8. The molecular weight excluding hydrogens is 501 g/mol. The number of hydrogen-bond acceptors (Lipinski definition) is 7. The van der Waals surface area contributed by atoms with Crippen LogP contribution < -0.4 is 24.0 Å². The average Bonchev–Trinajstić information content (AvgIpc) is 2.93. The number of benzene rings is 3. The number of sulfonamides is 1. The van der Waals surface area contributed by atoms with E-state index in [1.54, 1.807) is 12.1 Å². The summed E-state index contributed by atoms with van der Waals surface area (Å²) in [5.74, 6) is -0.331. The van der Waals surface area contributed by atoms with Crippen molar-refractivity contribution >= 4 is 33.0 Å². The van der Waals surface area contributed by atoms with E-state index in [4.69, 9.17) is 14.2 Å². The first-order valence-electron chi connectivity index (χ1n) is 11.8. The third-order valence-corrected chi connectivity index (χ3v) is 7.80. The van der Waals surface area contributed by atoms with Crippen LogP contribution in [0.3, 0.4) is 0 Å². The maximum absolute atomic E-state index is 13.7. The Kier molecular flexibility index (Phi) is 7.15. The maximum atomic E-state index is 13.7. The first-order chi connectivity index (χ1) is 17.9. The number of morpholine rings is 1. The number of rotatable bonds is 7. The molecule has 2 heterocycles. The van der Waals surface area contributed by atoms with Gasteiger partial charge in [-0.05, 0) is 60.7 Å². The summed E-state index contributed by atoms with van der Waals surface area (Å²) in [5, 5.41) is 2.75. The minimum absolute atomic E-state index is 0.0799. The highest BCUT2D eigenvalue weighted by molar-refractivity contribution is 7.92. The fourth-order valence-corrected chi connectivity index (χ4v) is 5.58. The lowest BCUT2D eigenvalue weighted by atomic mass is 10.2. The molecule has 3 aromatic carbocycles. The first kappa shape index (κ1) is 24.8. The van der Waals surface area contributed by atoms with Crippen molar-refractivity contribution in [1.82, 2.24) is 0 Å². The highest BCUT2D eigenvalue weighted by Gasteiger charge is 2.29. The minimum atomic E-state index is -4.21. The molecule has 1 fully saturated rings. The predicted molar refractivity (Wildman–Crippen MR) is 136 cm³/mol. The van der Waals surface area contributed by atoms with Crippen molar-refractivity contribution in [3.8, 4) is 11.5 Å². The van der Waals surface area contributed by atoms with Crippen molar-refractivity contribution < 1.29 is 31.8 Å². The van der Waals surface area contributed by atoms with Gasteiger partial charge in [-0.15, -0.1) is 0 Å². The van der Waals surface area contributed by atoms with Crippen molar-refractivity contribution in [3.05, 3.63) is 72.5 Å². The number of carbonyl (C=O) groups excluding carboxylic acids is 1. The molecule has 0 spiro atoms. The Morgan fingerprint density at radius 1 is 0.892 bits per heavy atom. The Morgan fingerprint density at radius 3 is 2.27 bits per heavy atom. The van der Waals surface area contributed by atoms with Crippen LogP contribution in [0, 0.1) is 5.82 Å². The standard InChI is InChI=1S/C26H26FN3O6S/c27-19-1-5-22(6-2-19)30(37(32,33)23-9-10-24-25(17-23)36-16-15-35-24)18-26(31)28-20-3-7-21(8-4-20)29-11-13-34-14-12-29/h1-10,17H,11-16,18H2,(H,28,31). The van der Waals surface area contributed by atoms with Crippen molar-refractivity contribution in [2.24, 2.45) is 0 Å². The summed E-state index contributed by atoms with van der Waals surface area (Å²) in [6, 6.07) is 16.5. The molecule has 2 aliphatic heterocycles. The Balaban J connectivity index is 1.37. The molecule has 0 radical (unpaired) electrons. The number of anilines is 3. The molecule has 3 aromatic rings. The molecule has 9 nitrogen and oxygen atoms in total. The van der Waals surface area contributed by atoms with Crippen LogP contribution in [-0.2, 0) is 19.6 Å². The molecule has 2 aliphatic rings. The summed E-state index contributed by atoms with van der Waals surface area (Å²) in [7, 11) is -4.21. The van der Waals surface area contributed by atoms with Gasteiger partial charge in [0.2, 0.25) is 5.91 Å². The van der Waals surface area contributed by atoms with Crippen LogP contribution in [0.5, 0.6) is 11.5 Å². The van der Waals surface area contributed by atoms with Gasteiger partial charge in [0.1, 0.15) is 25.6 Å². The highest BCUT2D eigenvalue weighted by Crippen LogP contribution is 2.34. The highest BCUT2D eigenvalue weighted by atomic mass is 32.2. The molecule has 1 amide bonds. The van der Waals surface area contributed by atoms with Gasteiger partial charge in [-0.25, -0.2) is 12.8 Å². The fraction of sp³-hybridized carbons (Fsp3) is 0.269. The van der Waals surface area contributed by atoms with E-state index in [9.17, 15) is 17.6 Å². The van der Waals surface area contributed by atoms with Crippen LogP contribution in [0.4, 0.5) is 21.5 Å². The summed E-state index contributed by atoms with van der Waals surface area (Å²) in [6.45, 7) is 3.05. The van der Waals surface area contributed by atoms with Gasteiger partial charge in [0.25, 0.3) is 10.0 Å². The molecule has 37 heavy (non-hydrogen) atoms. The van der Waals surface area contributed by atoms with E-state index in [0.29, 0.717) is 43.6 Å². The quantitative estimate of drug-likeness (QED) is 0.504. The topological polar surface area (TPSA) is 97.4 Å². The molecule has 0 saturated carbocycles. The normalized spacial score (nSPS) is 15.2. The second-order valence-electron chi connectivity index (χ2n) is 8.49. The molecule has 11 heteroatoms. The summed E-state index contributed by atoms with van der Waals surface area (Å²) in [4.78, 5) is 15.1. The summed E-state index contributed by atoms with van der Waals surface area (Å²) < 4.78 is 58.2. The van der Waals surface area contributed by atoms with Crippen molar-refractivity contribution in [1.29, 1.82) is 0 Å². The summed E-state index contributed by atoms with van der Waals surface area (Å²) in [5.41, 5.74) is 1.68. The number of nitrogens with zero attached hydrogens (tertiary/aromatic N) is 2. The Bertz CT molecular complexity index is 1360. The van der Waals surface area contributed by atoms with E-state index in [2.05, 4.69) is 10.2 Å². The molecule has 0 aromatic heterocycles. The van der Waals surface area contributed by atoms with E-state index in [-0.39, 0.29) is 10.6 Å². The van der Waals surface area contributed by atoms with E-state index < -0.39 is 28.3 Å². The monoisotopic (exact) mass is 527 g/mol. The molecule has 0 atom stereocenters. The molecule has 194 valence electrons. The SMILES string of the molecule is O=C(CN(c1ccc(F)cc1)S(=O)(=O)c1ccc2c(c1)OCCO2)Nc1ccc(N2CCOCC2)cc1. The van der Waals surface area contributed by atoms with E-state index in [0.717, 1.165) is 35.2 Å². The maximum Gasteiger partial charge on any atom is 0.264 e. The lowest BCUT2D eigenvalue weighted by Crippen LogP contribution is -2.38. The molecule has 0 aliphatic carbocycles. The molecular formula is C26H26FN3O6S. The van der Waals surface area contributed by atoms with Crippen LogP contribution in [0.15, 0.2) is 71.6 Å². The van der Waals surface area contributed by atoms with Gasteiger partial charge >= 0.3 is 0 Å². The number of halogens is 1. The Labute approximate surface area is 214 Å². The van der Waals surface area contributed by atoms with Gasteiger partial charge in [0.15, 0.2) is 11.5 Å². The van der Waals surface area contributed by atoms with E-state index in [1.165, 1.54) is 30.3 Å². The van der Waals surface area contributed by atoms with Crippen LogP contribution in [0.1, 0.15) is 0 Å². The number of carbonyl (C=O) groups is 1. The Hall–Kier alpha value is -3.83. The zero-order valence-electron chi connectivity index (χ0n) is 19.9. The van der Waals surface area contributed by atoms with Gasteiger partial charge < -0.3 is 24.4 Å². The zero-order valence-corrected chi connectivity index (χ0v) is 20.7. The molecule has 0 unspecified atom stereocenters. The number of ether oxygens (including phenoxy) is 3. The minimum Gasteiger partial charge on any atom is -0.486 e. The van der Waals surface area contributed by atoms with E-state index >= 15 is 0 Å². The second-order valence-corrected chi connectivity index (χ2v) is 10.4. The predicted octanol–water partition coefficient (Wildman–Crippen LogP) is 3.27. The van der Waals surface area contributed by atoms with Crippen LogP contribution >= 0.6 is 0 Å². The molecule has 5 rings (SSSR count). The van der Waals surface area contributed by atoms with Gasteiger partial charge in [-0.2, -0.15) is 0 Å². The lowest BCUT2D eigenvalue weighted by Gasteiger charge is -2.29. The third kappa shape index (κ3) is 5.62. The molecule has 1 saturated heterocycles. The average molecular weight is 528 g/mol. The van der Waals surface area contributed by atoms with E-state index in [1.807, 2.05) is 12.1 Å². The van der Waals surface area contributed by atoms with Crippen LogP contribution in [0.2, 0.25) is 0 Å². The Morgan fingerprint density at radius 2 is 1.57 bits per heavy atom. The summed E-state index contributed by atoms with van der Waals surface area (Å²) >= 11 is 0. The lowest BCUT2D eigenvalue weighted by molar-refractivity contribution is -0.114. The molecule has 0 bridgehead atoms. The van der Waals surface area contributed by atoms with Crippen LogP contribution in [0.25, 0.3) is 0 Å². The smallest absolute Gasteiger partial charge is 0.264 e. The van der Waals surface area contributed by atoms with Gasteiger partial charge in [-0.1, -0.05) is 0 Å². The number of amides is 1. The van der Waals surface area contributed by atoms with Gasteiger partial charge in [0.05, 0.1) is 23.8 Å². The van der Waals surface area contributed by atoms with Crippen molar-refractivity contribution in [3.63, 3.8) is 0 Å². The number of nitrogens with one attached hydrogen (secondary N) is 1. The number of fused-ring (bicyclic) bond motifs is 1. The fourth-order valence-electron chi connectivity index (χ4n) is 4.14. The van der Waals surface area contributed by atoms with Gasteiger partial charge in [-0.3, -0.25) is 9.10 Å². The van der Waals surface area contributed by atoms with Crippen LogP contribution in [-0.4, -0.2) is 60.4 Å². The summed E-state index contributed by atoms with van der Waals surface area (Å²) in [6.07, 6.45) is 0. The van der Waals surface area contributed by atoms with Crippen molar-refractivity contribution in [2.75, 3.05) is 60.6 Å². The van der Waals surface area contributed by atoms with Crippen molar-refractivity contribution in [2.45, 2.75) is 4.90 Å². The third-order valence-electron chi connectivity index (χ3n) is 6.03. The largest absolute Gasteiger partial charge is 0.486 e. The molecule has 1 N–H and O–H groups in total. The first-order valence-corrected chi connectivity index (χ1v) is 13.2. The second kappa shape index (κ2) is 10.7. The van der Waals surface area contributed by atoms with Gasteiger partial charge in [0, 0.05) is 30.5 Å².